The second-order valence-corrected chi connectivity index (χ2v) is 5.78. The van der Waals surface area contributed by atoms with Crippen molar-refractivity contribution in [2.24, 2.45) is 4.99 Å². The zero-order valence-corrected chi connectivity index (χ0v) is 14.5. The van der Waals surface area contributed by atoms with Crippen molar-refractivity contribution in [2.45, 2.75) is 6.42 Å². The number of ether oxygens (including phenoxy) is 3. The van der Waals surface area contributed by atoms with Gasteiger partial charge in [-0.25, -0.2) is 9.79 Å². The van der Waals surface area contributed by atoms with Crippen molar-refractivity contribution in [3.05, 3.63) is 64.3 Å². The Morgan fingerprint density at radius 1 is 1.12 bits per heavy atom. The van der Waals surface area contributed by atoms with Crippen LogP contribution in [0.25, 0.3) is 6.08 Å². The minimum atomic E-state index is -0.476. The van der Waals surface area contributed by atoms with Gasteiger partial charge in [-0.1, -0.05) is 29.8 Å². The van der Waals surface area contributed by atoms with E-state index >= 15 is 0 Å². The van der Waals surface area contributed by atoms with Crippen LogP contribution in [0.1, 0.15) is 11.1 Å². The summed E-state index contributed by atoms with van der Waals surface area (Å²) < 4.78 is 15.7. The van der Waals surface area contributed by atoms with Gasteiger partial charge in [-0.2, -0.15) is 0 Å². The maximum Gasteiger partial charge on any atom is 0.363 e. The highest BCUT2D eigenvalue weighted by Crippen LogP contribution is 2.28. The molecule has 0 unspecified atom stereocenters. The number of carbonyl (C=O) groups is 1. The first-order chi connectivity index (χ1) is 12.1. The molecule has 5 nitrogen and oxygen atoms in total. The molecular weight excluding hydrogens is 342 g/mol. The van der Waals surface area contributed by atoms with E-state index in [-0.39, 0.29) is 5.70 Å². The third kappa shape index (κ3) is 4.00. The predicted octanol–water partition coefficient (Wildman–Crippen LogP) is 3.90. The topological polar surface area (TPSA) is 57.1 Å². The summed E-state index contributed by atoms with van der Waals surface area (Å²) in [6, 6.07) is 12.7. The Kier molecular flexibility index (Phi) is 5.05. The number of hydrogen-bond donors (Lipinski definition) is 0. The maximum atomic E-state index is 12.0. The van der Waals surface area contributed by atoms with Crippen molar-refractivity contribution in [1.29, 1.82) is 0 Å². The monoisotopic (exact) mass is 357 g/mol. The molecule has 0 N–H and O–H groups in total. The lowest BCUT2D eigenvalue weighted by Gasteiger charge is -2.09. The second-order valence-electron chi connectivity index (χ2n) is 5.35. The Hall–Kier alpha value is -2.79. The maximum absolute atomic E-state index is 12.0. The van der Waals surface area contributed by atoms with E-state index in [9.17, 15) is 4.79 Å². The molecule has 0 saturated carbocycles. The first-order valence-electron chi connectivity index (χ1n) is 7.57. The van der Waals surface area contributed by atoms with Crippen LogP contribution in [0, 0.1) is 0 Å². The van der Waals surface area contributed by atoms with Crippen LogP contribution in [0.3, 0.4) is 0 Å². The number of carbonyl (C=O) groups excluding carboxylic acids is 1. The van der Waals surface area contributed by atoms with Gasteiger partial charge in [0.2, 0.25) is 5.90 Å². The molecule has 0 radical (unpaired) electrons. The molecular formula is C19H16ClNO4. The summed E-state index contributed by atoms with van der Waals surface area (Å²) in [4.78, 5) is 16.3. The SMILES string of the molecule is COc1ccc(CC2=N/C(=C/c3cccc(Cl)c3)C(=O)O2)cc1OC. The number of benzene rings is 2. The van der Waals surface area contributed by atoms with E-state index in [1.54, 1.807) is 38.5 Å². The number of nitrogens with zero attached hydrogens (tertiary/aromatic N) is 1. The standard InChI is InChI=1S/C19H16ClNO4/c1-23-16-7-6-13(10-17(16)24-2)11-18-21-15(19(22)25-18)9-12-4-3-5-14(20)8-12/h3-10H,11H2,1-2H3/b15-9+. The van der Waals surface area contributed by atoms with Gasteiger partial charge in [0.25, 0.3) is 0 Å². The van der Waals surface area contributed by atoms with Crippen LogP contribution in [0.5, 0.6) is 11.5 Å². The quantitative estimate of drug-likeness (QED) is 0.601. The summed E-state index contributed by atoms with van der Waals surface area (Å²) in [5, 5.41) is 0.593. The van der Waals surface area contributed by atoms with Crippen molar-refractivity contribution in [3.8, 4) is 11.5 Å². The highest BCUT2D eigenvalue weighted by Gasteiger charge is 2.23. The molecule has 3 rings (SSSR count). The van der Waals surface area contributed by atoms with Gasteiger partial charge < -0.3 is 14.2 Å². The van der Waals surface area contributed by atoms with Gasteiger partial charge in [-0.15, -0.1) is 0 Å². The van der Waals surface area contributed by atoms with Gasteiger partial charge in [-0.3, -0.25) is 0 Å². The van der Waals surface area contributed by atoms with Crippen molar-refractivity contribution in [3.63, 3.8) is 0 Å². The Bertz CT molecular complexity index is 873. The van der Waals surface area contributed by atoms with E-state index in [2.05, 4.69) is 4.99 Å². The number of rotatable bonds is 5. The number of methoxy groups -OCH3 is 2. The first kappa shape index (κ1) is 17.0. The molecule has 6 heteroatoms. The van der Waals surface area contributed by atoms with Gasteiger partial charge in [-0.05, 0) is 41.5 Å². The molecule has 25 heavy (non-hydrogen) atoms. The molecule has 2 aromatic rings. The zero-order chi connectivity index (χ0) is 17.8. The van der Waals surface area contributed by atoms with Crippen molar-refractivity contribution >= 4 is 29.5 Å². The molecule has 0 aromatic heterocycles. The van der Waals surface area contributed by atoms with Gasteiger partial charge in [0.1, 0.15) is 0 Å². The predicted molar refractivity (Wildman–Crippen MR) is 96.2 cm³/mol. The summed E-state index contributed by atoms with van der Waals surface area (Å²) in [7, 11) is 3.15. The number of halogens is 1. The normalized spacial score (nSPS) is 15.1. The summed E-state index contributed by atoms with van der Waals surface area (Å²) in [6.07, 6.45) is 2.02. The molecule has 128 valence electrons. The Labute approximate surface area is 150 Å². The average molecular weight is 358 g/mol. The fourth-order valence-corrected chi connectivity index (χ4v) is 2.65. The number of cyclic esters (lactones) is 1. The van der Waals surface area contributed by atoms with Crippen LogP contribution < -0.4 is 9.47 Å². The van der Waals surface area contributed by atoms with Crippen LogP contribution in [0.15, 0.2) is 53.2 Å². The van der Waals surface area contributed by atoms with E-state index in [0.717, 1.165) is 11.1 Å². The lowest BCUT2D eigenvalue weighted by molar-refractivity contribution is -0.130. The second kappa shape index (κ2) is 7.40. The van der Waals surface area contributed by atoms with Crippen LogP contribution in [0.4, 0.5) is 0 Å². The number of esters is 1. The molecule has 1 aliphatic rings. The third-order valence-corrected chi connectivity index (χ3v) is 3.86. The van der Waals surface area contributed by atoms with Gasteiger partial charge in [0, 0.05) is 11.4 Å². The summed E-state index contributed by atoms with van der Waals surface area (Å²) in [6.45, 7) is 0. The van der Waals surface area contributed by atoms with E-state index in [1.807, 2.05) is 24.3 Å². The molecule has 0 spiro atoms. The molecule has 0 bridgehead atoms. The first-order valence-corrected chi connectivity index (χ1v) is 7.95. The van der Waals surface area contributed by atoms with Crippen LogP contribution in [-0.4, -0.2) is 26.1 Å². The van der Waals surface area contributed by atoms with Crippen LogP contribution >= 0.6 is 11.6 Å². The molecule has 1 aliphatic heterocycles. The minimum absolute atomic E-state index is 0.248. The fraction of sp³-hybridized carbons (Fsp3) is 0.158. The zero-order valence-electron chi connectivity index (χ0n) is 13.8. The van der Waals surface area contributed by atoms with E-state index < -0.39 is 5.97 Å². The van der Waals surface area contributed by atoms with E-state index in [4.69, 9.17) is 25.8 Å². The van der Waals surface area contributed by atoms with E-state index in [0.29, 0.717) is 28.8 Å². The summed E-state index contributed by atoms with van der Waals surface area (Å²) >= 11 is 5.95. The number of aliphatic imine (C=N–C) groups is 1. The lowest BCUT2D eigenvalue weighted by Crippen LogP contribution is -2.07. The van der Waals surface area contributed by atoms with Gasteiger partial charge in [0.15, 0.2) is 17.2 Å². The number of hydrogen-bond acceptors (Lipinski definition) is 5. The van der Waals surface area contributed by atoms with Crippen molar-refractivity contribution < 1.29 is 19.0 Å². The van der Waals surface area contributed by atoms with Crippen LogP contribution in [0.2, 0.25) is 5.02 Å². The Morgan fingerprint density at radius 3 is 2.64 bits per heavy atom. The fourth-order valence-electron chi connectivity index (χ4n) is 2.45. The van der Waals surface area contributed by atoms with Gasteiger partial charge in [0.05, 0.1) is 14.2 Å². The molecule has 1 heterocycles. The minimum Gasteiger partial charge on any atom is -0.493 e. The molecule has 0 fully saturated rings. The largest absolute Gasteiger partial charge is 0.493 e. The van der Waals surface area contributed by atoms with Crippen molar-refractivity contribution in [2.75, 3.05) is 14.2 Å². The molecule has 0 atom stereocenters. The van der Waals surface area contributed by atoms with Gasteiger partial charge >= 0.3 is 5.97 Å². The Balaban J connectivity index is 1.81. The molecule has 0 amide bonds. The van der Waals surface area contributed by atoms with Crippen molar-refractivity contribution in [1.82, 2.24) is 0 Å². The molecule has 0 aliphatic carbocycles. The Morgan fingerprint density at radius 2 is 1.92 bits per heavy atom. The van der Waals surface area contributed by atoms with E-state index in [1.165, 1.54) is 0 Å². The molecule has 2 aromatic carbocycles. The van der Waals surface area contributed by atoms with Crippen LogP contribution in [-0.2, 0) is 16.0 Å². The summed E-state index contributed by atoms with van der Waals surface area (Å²) in [5.41, 5.74) is 1.93. The summed E-state index contributed by atoms with van der Waals surface area (Å²) in [5.74, 6) is 1.11. The lowest BCUT2D eigenvalue weighted by atomic mass is 10.1. The highest BCUT2D eigenvalue weighted by molar-refractivity contribution is 6.30. The highest BCUT2D eigenvalue weighted by atomic mass is 35.5. The molecule has 0 saturated heterocycles. The third-order valence-electron chi connectivity index (χ3n) is 3.62. The average Bonchev–Trinajstić information content (AvgIpc) is 2.94. The smallest absolute Gasteiger partial charge is 0.363 e.